The van der Waals surface area contributed by atoms with Crippen molar-refractivity contribution in [3.63, 3.8) is 0 Å². The highest BCUT2D eigenvalue weighted by molar-refractivity contribution is 7.10. The van der Waals surface area contributed by atoms with Crippen LogP contribution in [0.1, 0.15) is 52.2 Å². The van der Waals surface area contributed by atoms with Gasteiger partial charge < -0.3 is 11.1 Å². The van der Waals surface area contributed by atoms with E-state index in [4.69, 9.17) is 5.73 Å². The Labute approximate surface area is 130 Å². The van der Waals surface area contributed by atoms with Gasteiger partial charge in [-0.2, -0.15) is 0 Å². The highest BCUT2D eigenvalue weighted by Crippen LogP contribution is 2.24. The lowest BCUT2D eigenvalue weighted by Gasteiger charge is -2.18. The van der Waals surface area contributed by atoms with Crippen LogP contribution in [0.2, 0.25) is 0 Å². The smallest absolute Gasteiger partial charge is 0.248 e. The molecule has 2 aromatic rings. The molecule has 21 heavy (non-hydrogen) atoms. The van der Waals surface area contributed by atoms with Gasteiger partial charge in [-0.1, -0.05) is 25.5 Å². The SMILES string of the molecule is CCCC(NCc1ccc(C(N)=O)cc1C)c1cccs1. The lowest BCUT2D eigenvalue weighted by atomic mass is 10.0. The summed E-state index contributed by atoms with van der Waals surface area (Å²) in [4.78, 5) is 12.6. The Bertz CT molecular complexity index is 593. The predicted octanol–water partition coefficient (Wildman–Crippen LogP) is 3.79. The van der Waals surface area contributed by atoms with Gasteiger partial charge in [0.2, 0.25) is 5.91 Å². The molecule has 1 amide bonds. The fourth-order valence-electron chi connectivity index (χ4n) is 2.40. The Kier molecular flexibility index (Phi) is 5.53. The Hall–Kier alpha value is -1.65. The summed E-state index contributed by atoms with van der Waals surface area (Å²) >= 11 is 1.79. The van der Waals surface area contributed by atoms with E-state index in [2.05, 4.69) is 29.8 Å². The summed E-state index contributed by atoms with van der Waals surface area (Å²) in [6.07, 6.45) is 2.27. The van der Waals surface area contributed by atoms with Crippen molar-refractivity contribution in [3.05, 3.63) is 57.3 Å². The summed E-state index contributed by atoms with van der Waals surface area (Å²) in [5, 5.41) is 5.74. The molecule has 4 heteroatoms. The summed E-state index contributed by atoms with van der Waals surface area (Å²) in [6.45, 7) is 5.02. The second-order valence-electron chi connectivity index (χ2n) is 5.24. The van der Waals surface area contributed by atoms with Crippen LogP contribution >= 0.6 is 11.3 Å². The van der Waals surface area contributed by atoms with Crippen molar-refractivity contribution in [2.24, 2.45) is 5.73 Å². The van der Waals surface area contributed by atoms with Gasteiger partial charge in [-0.05, 0) is 48.1 Å². The number of carbonyl (C=O) groups is 1. The van der Waals surface area contributed by atoms with Crippen molar-refractivity contribution >= 4 is 17.2 Å². The molecule has 2 rings (SSSR count). The number of hydrogen-bond donors (Lipinski definition) is 2. The van der Waals surface area contributed by atoms with Gasteiger partial charge in [0.25, 0.3) is 0 Å². The average molecular weight is 302 g/mol. The number of thiophene rings is 1. The maximum absolute atomic E-state index is 11.2. The minimum Gasteiger partial charge on any atom is -0.366 e. The quantitative estimate of drug-likeness (QED) is 0.817. The number of amides is 1. The second-order valence-corrected chi connectivity index (χ2v) is 6.22. The fourth-order valence-corrected chi connectivity index (χ4v) is 3.24. The van der Waals surface area contributed by atoms with Crippen LogP contribution in [0.4, 0.5) is 0 Å². The Balaban J connectivity index is 2.05. The van der Waals surface area contributed by atoms with Crippen LogP contribution in [0.5, 0.6) is 0 Å². The first kappa shape index (κ1) is 15.7. The van der Waals surface area contributed by atoms with Crippen molar-refractivity contribution in [3.8, 4) is 0 Å². The van der Waals surface area contributed by atoms with Crippen molar-refractivity contribution in [2.75, 3.05) is 0 Å². The Morgan fingerprint density at radius 1 is 1.38 bits per heavy atom. The molecule has 0 aliphatic carbocycles. The highest BCUT2D eigenvalue weighted by atomic mass is 32.1. The van der Waals surface area contributed by atoms with E-state index in [1.807, 2.05) is 19.1 Å². The number of primary amides is 1. The van der Waals surface area contributed by atoms with E-state index in [1.54, 1.807) is 17.4 Å². The van der Waals surface area contributed by atoms with Gasteiger partial charge in [0, 0.05) is 23.0 Å². The lowest BCUT2D eigenvalue weighted by molar-refractivity contribution is 0.1000. The number of carbonyl (C=O) groups excluding carboxylic acids is 1. The molecule has 3 N–H and O–H groups in total. The summed E-state index contributed by atoms with van der Waals surface area (Å²) in [5.41, 5.74) is 8.18. The Morgan fingerprint density at radius 3 is 2.76 bits per heavy atom. The number of nitrogens with one attached hydrogen (secondary N) is 1. The van der Waals surface area contributed by atoms with Gasteiger partial charge >= 0.3 is 0 Å². The van der Waals surface area contributed by atoms with Gasteiger partial charge in [-0.3, -0.25) is 4.79 Å². The Morgan fingerprint density at radius 2 is 2.19 bits per heavy atom. The maximum Gasteiger partial charge on any atom is 0.248 e. The fraction of sp³-hybridized carbons (Fsp3) is 0.353. The molecule has 0 saturated carbocycles. The van der Waals surface area contributed by atoms with Gasteiger partial charge in [0.05, 0.1) is 0 Å². The van der Waals surface area contributed by atoms with E-state index in [9.17, 15) is 4.79 Å². The third kappa shape index (κ3) is 4.16. The molecule has 3 nitrogen and oxygen atoms in total. The zero-order valence-corrected chi connectivity index (χ0v) is 13.4. The van der Waals surface area contributed by atoms with Crippen LogP contribution < -0.4 is 11.1 Å². The van der Waals surface area contributed by atoms with Crippen LogP contribution in [0, 0.1) is 6.92 Å². The maximum atomic E-state index is 11.2. The minimum absolute atomic E-state index is 0.375. The molecular formula is C17H22N2OS. The van der Waals surface area contributed by atoms with Crippen LogP contribution in [0.15, 0.2) is 35.7 Å². The number of hydrogen-bond acceptors (Lipinski definition) is 3. The van der Waals surface area contributed by atoms with Crippen LogP contribution in [-0.2, 0) is 6.54 Å². The van der Waals surface area contributed by atoms with Crippen LogP contribution in [0.25, 0.3) is 0 Å². The standard InChI is InChI=1S/C17H22N2OS/c1-3-5-15(16-6-4-9-21-16)19-11-14-8-7-13(17(18)20)10-12(14)2/h4,6-10,15,19H,3,5,11H2,1-2H3,(H2,18,20). The topological polar surface area (TPSA) is 55.1 Å². The van der Waals surface area contributed by atoms with Crippen molar-refractivity contribution in [1.82, 2.24) is 5.32 Å². The summed E-state index contributed by atoms with van der Waals surface area (Å²) in [7, 11) is 0. The van der Waals surface area contributed by atoms with E-state index < -0.39 is 0 Å². The van der Waals surface area contributed by atoms with E-state index in [-0.39, 0.29) is 5.91 Å². The first-order chi connectivity index (χ1) is 10.1. The summed E-state index contributed by atoms with van der Waals surface area (Å²) < 4.78 is 0. The molecule has 1 aromatic heterocycles. The molecule has 0 spiro atoms. The molecule has 0 bridgehead atoms. The average Bonchev–Trinajstić information content (AvgIpc) is 2.98. The van der Waals surface area contributed by atoms with Crippen molar-refractivity contribution in [1.29, 1.82) is 0 Å². The number of nitrogens with two attached hydrogens (primary N) is 1. The second kappa shape index (κ2) is 7.38. The summed E-state index contributed by atoms with van der Waals surface area (Å²) in [6, 6.07) is 10.3. The molecule has 0 aliphatic heterocycles. The normalized spacial score (nSPS) is 12.3. The monoisotopic (exact) mass is 302 g/mol. The molecule has 0 saturated heterocycles. The van der Waals surface area contributed by atoms with E-state index in [0.29, 0.717) is 11.6 Å². The van der Waals surface area contributed by atoms with Crippen LogP contribution in [0.3, 0.4) is 0 Å². The molecule has 1 aromatic carbocycles. The van der Waals surface area contributed by atoms with E-state index >= 15 is 0 Å². The van der Waals surface area contributed by atoms with Crippen molar-refractivity contribution < 1.29 is 4.79 Å². The van der Waals surface area contributed by atoms with Gasteiger partial charge in [0.15, 0.2) is 0 Å². The van der Waals surface area contributed by atoms with E-state index in [1.165, 1.54) is 10.4 Å². The number of benzene rings is 1. The molecular weight excluding hydrogens is 280 g/mol. The molecule has 1 atom stereocenters. The summed E-state index contributed by atoms with van der Waals surface area (Å²) in [5.74, 6) is -0.375. The first-order valence-electron chi connectivity index (χ1n) is 7.28. The first-order valence-corrected chi connectivity index (χ1v) is 8.16. The third-order valence-corrected chi connectivity index (χ3v) is 4.62. The van der Waals surface area contributed by atoms with Crippen LogP contribution in [-0.4, -0.2) is 5.91 Å². The zero-order chi connectivity index (χ0) is 15.2. The molecule has 0 aliphatic rings. The van der Waals surface area contributed by atoms with Gasteiger partial charge in [0.1, 0.15) is 0 Å². The van der Waals surface area contributed by atoms with Crippen molar-refractivity contribution in [2.45, 2.75) is 39.3 Å². The molecule has 1 unspecified atom stereocenters. The van der Waals surface area contributed by atoms with Gasteiger partial charge in [-0.25, -0.2) is 0 Å². The zero-order valence-electron chi connectivity index (χ0n) is 12.6. The molecule has 112 valence electrons. The molecule has 1 heterocycles. The minimum atomic E-state index is -0.375. The number of aryl methyl sites for hydroxylation is 1. The molecule has 0 fully saturated rings. The largest absolute Gasteiger partial charge is 0.366 e. The van der Waals surface area contributed by atoms with E-state index in [0.717, 1.165) is 24.9 Å². The number of rotatable bonds is 7. The molecule has 0 radical (unpaired) electrons. The predicted molar refractivity (Wildman–Crippen MR) is 88.5 cm³/mol. The highest BCUT2D eigenvalue weighted by Gasteiger charge is 2.12. The third-order valence-electron chi connectivity index (χ3n) is 3.63. The lowest BCUT2D eigenvalue weighted by Crippen LogP contribution is -2.20. The van der Waals surface area contributed by atoms with Gasteiger partial charge in [-0.15, -0.1) is 11.3 Å².